The minimum atomic E-state index is 0.317. The van der Waals surface area contributed by atoms with Gasteiger partial charge in [-0.15, -0.1) is 0 Å². The summed E-state index contributed by atoms with van der Waals surface area (Å²) in [6.45, 7) is 8.90. The van der Waals surface area contributed by atoms with Gasteiger partial charge in [0.05, 0.1) is 0 Å². The van der Waals surface area contributed by atoms with Crippen LogP contribution in [0.3, 0.4) is 0 Å². The van der Waals surface area contributed by atoms with Crippen LogP contribution in [0.5, 0.6) is 0 Å². The van der Waals surface area contributed by atoms with Gasteiger partial charge in [-0.05, 0) is 66.8 Å². The zero-order chi connectivity index (χ0) is 27.3. The Kier molecular flexibility index (Phi) is 7.24. The minimum Gasteiger partial charge on any atom is -0.0912 e. The van der Waals surface area contributed by atoms with Crippen molar-refractivity contribution in [1.29, 1.82) is 0 Å². The molecule has 0 fully saturated rings. The summed E-state index contributed by atoms with van der Waals surface area (Å²) in [6, 6.07) is 38.5. The molecule has 4 aromatic rings. The van der Waals surface area contributed by atoms with E-state index in [0.29, 0.717) is 11.8 Å². The molecule has 0 heterocycles. The van der Waals surface area contributed by atoms with Crippen LogP contribution in [0.25, 0.3) is 45.7 Å². The van der Waals surface area contributed by atoms with E-state index in [4.69, 9.17) is 0 Å². The van der Waals surface area contributed by atoms with E-state index in [2.05, 4.69) is 165 Å². The Balaban J connectivity index is 1.55. The molecule has 0 heteroatoms. The van der Waals surface area contributed by atoms with Crippen molar-refractivity contribution >= 4 is 34.6 Å². The van der Waals surface area contributed by atoms with Crippen molar-refractivity contribution in [3.63, 3.8) is 0 Å². The summed E-state index contributed by atoms with van der Waals surface area (Å²) in [5.74, 6) is 0.695. The number of hydrogen-bond acceptors (Lipinski definition) is 0. The van der Waals surface area contributed by atoms with Crippen molar-refractivity contribution in [2.24, 2.45) is 11.8 Å². The number of benzene rings is 3. The average molecular weight is 513 g/mol. The highest BCUT2D eigenvalue weighted by atomic mass is 14.3. The maximum Gasteiger partial charge on any atom is 0.0125 e. The first-order valence-electron chi connectivity index (χ1n) is 13.8. The third kappa shape index (κ3) is 5.17. The summed E-state index contributed by atoms with van der Waals surface area (Å²) in [4.78, 5) is 0. The molecule has 0 bridgehead atoms. The van der Waals surface area contributed by atoms with E-state index >= 15 is 0 Å². The van der Waals surface area contributed by atoms with E-state index in [0.717, 1.165) is 21.6 Å². The SMILES string of the molecule is C=C(/C=c1/cc(-c2ccccc2)ccc1=C)c1ccccccc(C2=CC=CC3C=CC=CC23)c2ccccc12. The summed E-state index contributed by atoms with van der Waals surface area (Å²) in [7, 11) is 0. The minimum absolute atomic E-state index is 0.317. The lowest BCUT2D eigenvalue weighted by Crippen LogP contribution is -2.22. The van der Waals surface area contributed by atoms with Gasteiger partial charge < -0.3 is 0 Å². The van der Waals surface area contributed by atoms with Crippen molar-refractivity contribution in [2.45, 2.75) is 0 Å². The zero-order valence-electron chi connectivity index (χ0n) is 22.6. The first kappa shape index (κ1) is 25.3. The fraction of sp³-hybridized carbons (Fsp3) is 0.0500. The first-order valence-corrected chi connectivity index (χ1v) is 13.8. The molecule has 2 aliphatic carbocycles. The quantitative estimate of drug-likeness (QED) is 0.256. The lowest BCUT2D eigenvalue weighted by atomic mass is 9.76. The van der Waals surface area contributed by atoms with Gasteiger partial charge in [0, 0.05) is 11.8 Å². The number of hydrogen-bond donors (Lipinski definition) is 0. The Morgan fingerprint density at radius 1 is 0.625 bits per heavy atom. The van der Waals surface area contributed by atoms with E-state index in [1.807, 2.05) is 6.07 Å². The van der Waals surface area contributed by atoms with E-state index in [-0.39, 0.29) is 0 Å². The highest BCUT2D eigenvalue weighted by molar-refractivity contribution is 6.03. The molecule has 0 nitrogen and oxygen atoms in total. The third-order valence-electron chi connectivity index (χ3n) is 7.75. The molecule has 4 aromatic carbocycles. The van der Waals surface area contributed by atoms with Crippen molar-refractivity contribution in [1.82, 2.24) is 0 Å². The average Bonchev–Trinajstić information content (AvgIpc) is 3.00. The van der Waals surface area contributed by atoms with E-state index in [9.17, 15) is 0 Å². The van der Waals surface area contributed by atoms with E-state index < -0.39 is 0 Å². The van der Waals surface area contributed by atoms with Crippen LogP contribution in [0.2, 0.25) is 0 Å². The molecule has 2 unspecified atom stereocenters. The predicted octanol–water partition coefficient (Wildman–Crippen LogP) is 8.85. The molecule has 0 aromatic heterocycles. The van der Waals surface area contributed by atoms with E-state index in [1.54, 1.807) is 0 Å². The van der Waals surface area contributed by atoms with Gasteiger partial charge in [-0.25, -0.2) is 0 Å². The molecule has 0 spiro atoms. The number of rotatable bonds is 4. The van der Waals surface area contributed by atoms with Gasteiger partial charge >= 0.3 is 0 Å². The Bertz CT molecular complexity index is 1880. The molecule has 0 amide bonds. The number of allylic oxidation sites excluding steroid dienone is 9. The van der Waals surface area contributed by atoms with Crippen LogP contribution in [0.4, 0.5) is 0 Å². The van der Waals surface area contributed by atoms with Crippen LogP contribution in [0.15, 0.2) is 158 Å². The summed E-state index contributed by atoms with van der Waals surface area (Å²) in [5, 5.41) is 4.43. The highest BCUT2D eigenvalue weighted by Crippen LogP contribution is 2.39. The van der Waals surface area contributed by atoms with Crippen LogP contribution in [0.1, 0.15) is 11.1 Å². The molecule has 0 saturated carbocycles. The van der Waals surface area contributed by atoms with Crippen molar-refractivity contribution in [3.05, 3.63) is 180 Å². The van der Waals surface area contributed by atoms with Crippen LogP contribution >= 0.6 is 0 Å². The molecule has 6 rings (SSSR count). The molecule has 0 aliphatic heterocycles. The molecular weight excluding hydrogens is 480 g/mol. The Labute approximate surface area is 237 Å². The largest absolute Gasteiger partial charge is 0.0912 e. The molecule has 40 heavy (non-hydrogen) atoms. The van der Waals surface area contributed by atoms with Crippen LogP contribution in [-0.2, 0) is 0 Å². The van der Waals surface area contributed by atoms with Gasteiger partial charge in [-0.1, -0.05) is 159 Å². The van der Waals surface area contributed by atoms with Crippen molar-refractivity contribution in [2.75, 3.05) is 0 Å². The van der Waals surface area contributed by atoms with Gasteiger partial charge in [-0.2, -0.15) is 0 Å². The van der Waals surface area contributed by atoms with Crippen LogP contribution in [-0.4, -0.2) is 0 Å². The standard InChI is InChI=1S/C40H32/c1-29-25-26-33(31-15-6-5-7-16-31)28-34(29)27-30(2)35-19-8-3-4-9-21-40(39-23-13-12-22-37(35)39)38-24-14-18-32-17-10-11-20-36(32)38/h3-28,32,36H,1-2H2/b4-3?,8-3?,9-4?,19-8?,21-9?,34-27-,35-19?,37-35?,40-21?,40-39?. The zero-order valence-corrected chi connectivity index (χ0v) is 22.6. The van der Waals surface area contributed by atoms with Gasteiger partial charge in [0.2, 0.25) is 0 Å². The normalized spacial score (nSPS) is 17.7. The second kappa shape index (κ2) is 11.4. The molecule has 0 saturated heterocycles. The molecule has 0 radical (unpaired) electrons. The second-order valence-corrected chi connectivity index (χ2v) is 10.3. The Morgan fingerprint density at radius 3 is 2.15 bits per heavy atom. The summed E-state index contributed by atoms with van der Waals surface area (Å²) < 4.78 is 0. The third-order valence-corrected chi connectivity index (χ3v) is 7.75. The van der Waals surface area contributed by atoms with Crippen molar-refractivity contribution < 1.29 is 0 Å². The van der Waals surface area contributed by atoms with Gasteiger partial charge in [0.1, 0.15) is 0 Å². The smallest absolute Gasteiger partial charge is 0.0125 e. The van der Waals surface area contributed by atoms with Crippen LogP contribution < -0.4 is 10.4 Å². The van der Waals surface area contributed by atoms with Crippen LogP contribution in [0, 0.1) is 11.8 Å². The Hall–Kier alpha value is -4.94. The number of fused-ring (bicyclic) bond motifs is 2. The van der Waals surface area contributed by atoms with E-state index in [1.165, 1.54) is 33.0 Å². The Morgan fingerprint density at radius 2 is 1.30 bits per heavy atom. The summed E-state index contributed by atoms with van der Waals surface area (Å²) in [5.41, 5.74) is 6.98. The molecule has 0 N–H and O–H groups in total. The molecule has 2 atom stereocenters. The highest BCUT2D eigenvalue weighted by Gasteiger charge is 2.24. The molecular formula is C40H32. The predicted molar refractivity (Wildman–Crippen MR) is 174 cm³/mol. The topological polar surface area (TPSA) is 0 Å². The lowest BCUT2D eigenvalue weighted by Gasteiger charge is -2.27. The summed E-state index contributed by atoms with van der Waals surface area (Å²) >= 11 is 0. The monoisotopic (exact) mass is 512 g/mol. The fourth-order valence-electron chi connectivity index (χ4n) is 5.69. The maximum atomic E-state index is 4.58. The first-order chi connectivity index (χ1) is 19.7. The van der Waals surface area contributed by atoms with Gasteiger partial charge in [0.15, 0.2) is 0 Å². The molecule has 192 valence electrons. The molecule has 2 aliphatic rings. The van der Waals surface area contributed by atoms with Gasteiger partial charge in [0.25, 0.3) is 0 Å². The lowest BCUT2D eigenvalue weighted by molar-refractivity contribution is 0.678. The second-order valence-electron chi connectivity index (χ2n) is 10.3. The maximum absolute atomic E-state index is 4.58. The fourth-order valence-corrected chi connectivity index (χ4v) is 5.69. The summed E-state index contributed by atoms with van der Waals surface area (Å²) in [6.07, 6.45) is 17.9. The van der Waals surface area contributed by atoms with Gasteiger partial charge in [-0.3, -0.25) is 0 Å². The van der Waals surface area contributed by atoms with Crippen molar-refractivity contribution in [3.8, 4) is 11.1 Å².